The summed E-state index contributed by atoms with van der Waals surface area (Å²) in [6, 6.07) is 9.18. The number of Topliss-reactive ketones (excluding diaryl/α,β-unsaturated/α-hetero) is 1. The fourth-order valence-corrected chi connectivity index (χ4v) is 7.39. The summed E-state index contributed by atoms with van der Waals surface area (Å²) in [7, 11) is 4.21. The number of carbonyl (C=O) groups excluding carboxylic acids is 1. The maximum atomic E-state index is 12.5. The van der Waals surface area contributed by atoms with E-state index in [2.05, 4.69) is 56.3 Å². The summed E-state index contributed by atoms with van der Waals surface area (Å²) in [6.45, 7) is 2.29. The van der Waals surface area contributed by atoms with Crippen LogP contribution in [0.15, 0.2) is 35.9 Å². The van der Waals surface area contributed by atoms with Gasteiger partial charge in [0.05, 0.1) is 0 Å². The van der Waals surface area contributed by atoms with Crippen molar-refractivity contribution in [2.24, 2.45) is 29.1 Å². The van der Waals surface area contributed by atoms with E-state index in [1.54, 1.807) is 5.57 Å². The van der Waals surface area contributed by atoms with Gasteiger partial charge in [-0.25, -0.2) is 0 Å². The van der Waals surface area contributed by atoms with Gasteiger partial charge in [0.2, 0.25) is 0 Å². The number of hydrogen-bond acceptors (Lipinski definition) is 2. The zero-order valence-corrected chi connectivity index (χ0v) is 17.8. The number of carbonyl (C=O) groups is 1. The molecule has 1 aromatic carbocycles. The van der Waals surface area contributed by atoms with E-state index in [0.717, 1.165) is 30.6 Å². The molecule has 5 rings (SSSR count). The maximum Gasteiger partial charge on any atom is 0.139 e. The van der Waals surface area contributed by atoms with Gasteiger partial charge in [0.15, 0.2) is 0 Å². The van der Waals surface area contributed by atoms with E-state index >= 15 is 0 Å². The largest absolute Gasteiger partial charge is 0.378 e. The quantitative estimate of drug-likeness (QED) is 0.591. The lowest BCUT2D eigenvalue weighted by Crippen LogP contribution is -2.46. The second-order valence-electron chi connectivity index (χ2n) is 10.4. The normalized spacial score (nSPS) is 39.6. The molecule has 0 bridgehead atoms. The molecule has 4 aliphatic rings. The van der Waals surface area contributed by atoms with Crippen molar-refractivity contribution in [3.8, 4) is 0 Å². The van der Waals surface area contributed by atoms with Crippen molar-refractivity contribution in [3.63, 3.8) is 0 Å². The number of hydrogen-bond donors (Lipinski definition) is 0. The van der Waals surface area contributed by atoms with Crippen LogP contribution in [0, 0.1) is 29.1 Å². The molecule has 2 heteroatoms. The molecule has 0 radical (unpaired) electrons. The minimum Gasteiger partial charge on any atom is -0.378 e. The Hall–Kier alpha value is -1.57. The van der Waals surface area contributed by atoms with E-state index in [1.165, 1.54) is 49.8 Å². The highest BCUT2D eigenvalue weighted by atomic mass is 16.1. The van der Waals surface area contributed by atoms with Crippen LogP contribution in [0.3, 0.4) is 0 Å². The first kappa shape index (κ1) is 18.5. The highest BCUT2D eigenvalue weighted by molar-refractivity contribution is 5.87. The summed E-state index contributed by atoms with van der Waals surface area (Å²) in [5, 5.41) is 0. The minimum atomic E-state index is 0.0216. The maximum absolute atomic E-state index is 12.5. The fraction of sp³-hybridized carbons (Fsp3) is 0.654. The molecule has 3 saturated carbocycles. The molecule has 3 fully saturated rings. The summed E-state index contributed by atoms with van der Waals surface area (Å²) in [5.74, 6) is 4.31. The van der Waals surface area contributed by atoms with Crippen molar-refractivity contribution in [2.45, 2.75) is 64.2 Å². The first-order chi connectivity index (χ1) is 13.5. The van der Waals surface area contributed by atoms with Crippen molar-refractivity contribution in [1.82, 2.24) is 0 Å². The minimum absolute atomic E-state index is 0.0216. The molecule has 0 spiro atoms. The number of anilines is 1. The van der Waals surface area contributed by atoms with Crippen LogP contribution < -0.4 is 4.90 Å². The molecule has 2 nitrogen and oxygen atoms in total. The number of nitrogens with zero attached hydrogens (tertiary/aromatic N) is 1. The molecule has 0 saturated heterocycles. The zero-order chi connectivity index (χ0) is 19.5. The Balaban J connectivity index is 1.35. The van der Waals surface area contributed by atoms with E-state index in [1.807, 2.05) is 0 Å². The summed E-state index contributed by atoms with van der Waals surface area (Å²) in [5.41, 5.74) is 4.54. The predicted molar refractivity (Wildman–Crippen MR) is 116 cm³/mol. The van der Waals surface area contributed by atoms with Gasteiger partial charge in [0.1, 0.15) is 5.78 Å². The lowest BCUT2D eigenvalue weighted by molar-refractivity contribution is -0.131. The van der Waals surface area contributed by atoms with E-state index < -0.39 is 0 Å². The summed E-state index contributed by atoms with van der Waals surface area (Å²) in [6.07, 6.45) is 12.3. The van der Waals surface area contributed by atoms with Crippen molar-refractivity contribution >= 4 is 11.5 Å². The van der Waals surface area contributed by atoms with E-state index in [4.69, 9.17) is 0 Å². The van der Waals surface area contributed by atoms with Crippen LogP contribution in [0.4, 0.5) is 5.69 Å². The second-order valence-corrected chi connectivity index (χ2v) is 10.4. The summed E-state index contributed by atoms with van der Waals surface area (Å²) in [4.78, 5) is 14.7. The molecule has 0 aliphatic heterocycles. The lowest BCUT2D eigenvalue weighted by atomic mass is 9.52. The van der Waals surface area contributed by atoms with Gasteiger partial charge in [0, 0.05) is 37.5 Å². The standard InChI is InChI=1S/C26H35NO/c1-26-15-14-22-21-10-6-18(17-4-8-20(9-5-17)27(2)3)16-19(21)7-11-23(22)24(26)12-13-25(26)28/h4-5,8-9,16,18,21-24H,6-7,10-15H2,1-3H3/t18?,21-,22+,23+,24-,26-/m0/s1. The van der Waals surface area contributed by atoms with Gasteiger partial charge in [-0.15, -0.1) is 0 Å². The summed E-state index contributed by atoms with van der Waals surface area (Å²) < 4.78 is 0. The van der Waals surface area contributed by atoms with Crippen molar-refractivity contribution in [1.29, 1.82) is 0 Å². The van der Waals surface area contributed by atoms with E-state index in [9.17, 15) is 4.79 Å². The third kappa shape index (κ3) is 2.78. The topological polar surface area (TPSA) is 20.3 Å². The molecule has 1 unspecified atom stereocenters. The first-order valence-corrected chi connectivity index (χ1v) is 11.5. The Morgan fingerprint density at radius 1 is 0.929 bits per heavy atom. The van der Waals surface area contributed by atoms with Crippen LogP contribution in [0.5, 0.6) is 0 Å². The van der Waals surface area contributed by atoms with Crippen LogP contribution in [0.25, 0.3) is 0 Å². The third-order valence-corrected chi connectivity index (χ3v) is 9.00. The van der Waals surface area contributed by atoms with E-state index in [0.29, 0.717) is 17.6 Å². The zero-order valence-electron chi connectivity index (χ0n) is 17.8. The molecule has 0 aromatic heterocycles. The average Bonchev–Trinajstić information content (AvgIpc) is 3.02. The van der Waals surface area contributed by atoms with Crippen molar-refractivity contribution in [2.75, 3.05) is 19.0 Å². The smallest absolute Gasteiger partial charge is 0.139 e. The van der Waals surface area contributed by atoms with Crippen LogP contribution in [0.1, 0.15) is 69.8 Å². The Bertz CT molecular complexity index is 791. The van der Waals surface area contributed by atoms with Crippen LogP contribution in [-0.2, 0) is 4.79 Å². The van der Waals surface area contributed by atoms with Gasteiger partial charge in [-0.3, -0.25) is 4.79 Å². The molecule has 4 aliphatic carbocycles. The monoisotopic (exact) mass is 377 g/mol. The number of benzene rings is 1. The Morgan fingerprint density at radius 2 is 1.71 bits per heavy atom. The molecular formula is C26H35NO. The van der Waals surface area contributed by atoms with Gasteiger partial charge in [-0.1, -0.05) is 30.7 Å². The SMILES string of the molecule is CN(C)c1ccc(C2C=C3CC[C@@H]4[C@H](CC[C@]5(C)C(=O)CC[C@@H]45)[C@H]3CC2)cc1. The molecule has 0 heterocycles. The van der Waals surface area contributed by atoms with Crippen molar-refractivity contribution < 1.29 is 4.79 Å². The molecule has 0 amide bonds. The van der Waals surface area contributed by atoms with Crippen LogP contribution >= 0.6 is 0 Å². The number of allylic oxidation sites excluding steroid dienone is 2. The Kier molecular flexibility index (Phi) is 4.45. The molecule has 150 valence electrons. The highest BCUT2D eigenvalue weighted by Crippen LogP contribution is 2.61. The number of ketones is 1. The van der Waals surface area contributed by atoms with Gasteiger partial charge in [0.25, 0.3) is 0 Å². The highest BCUT2D eigenvalue weighted by Gasteiger charge is 2.56. The Morgan fingerprint density at radius 3 is 2.46 bits per heavy atom. The molecule has 1 aromatic rings. The molecule has 6 atom stereocenters. The predicted octanol–water partition coefficient (Wildman–Crippen LogP) is 5.98. The first-order valence-electron chi connectivity index (χ1n) is 11.5. The average molecular weight is 378 g/mol. The number of fused-ring (bicyclic) bond motifs is 5. The van der Waals surface area contributed by atoms with Gasteiger partial charge >= 0.3 is 0 Å². The van der Waals surface area contributed by atoms with Gasteiger partial charge in [-0.05, 0) is 86.3 Å². The van der Waals surface area contributed by atoms with Crippen molar-refractivity contribution in [3.05, 3.63) is 41.5 Å². The molecule has 0 N–H and O–H groups in total. The van der Waals surface area contributed by atoms with Gasteiger partial charge in [-0.2, -0.15) is 0 Å². The van der Waals surface area contributed by atoms with Gasteiger partial charge < -0.3 is 4.90 Å². The van der Waals surface area contributed by atoms with E-state index in [-0.39, 0.29) is 5.41 Å². The second kappa shape index (κ2) is 6.75. The van der Waals surface area contributed by atoms with Crippen LogP contribution in [-0.4, -0.2) is 19.9 Å². The molecule has 28 heavy (non-hydrogen) atoms. The lowest BCUT2D eigenvalue weighted by Gasteiger charge is -2.52. The third-order valence-electron chi connectivity index (χ3n) is 9.00. The fourth-order valence-electron chi connectivity index (χ4n) is 7.39. The Labute approximate surface area is 170 Å². The summed E-state index contributed by atoms with van der Waals surface area (Å²) >= 11 is 0. The van der Waals surface area contributed by atoms with Crippen LogP contribution in [0.2, 0.25) is 0 Å². The number of rotatable bonds is 2. The molecular weight excluding hydrogens is 342 g/mol.